The Labute approximate surface area is 135 Å². The van der Waals surface area contributed by atoms with Crippen molar-refractivity contribution in [2.45, 2.75) is 18.4 Å². The number of anilines is 1. The minimum Gasteiger partial charge on any atom is -0.392 e. The van der Waals surface area contributed by atoms with Gasteiger partial charge in [0, 0.05) is 5.39 Å². The number of rotatable bonds is 4. The van der Waals surface area contributed by atoms with E-state index in [1.807, 2.05) is 31.2 Å². The van der Waals surface area contributed by atoms with Crippen molar-refractivity contribution in [3.63, 3.8) is 0 Å². The number of aryl methyl sites for hydroxylation is 1. The van der Waals surface area contributed by atoms with Gasteiger partial charge < -0.3 is 5.11 Å². The molecule has 0 amide bonds. The van der Waals surface area contributed by atoms with E-state index in [-0.39, 0.29) is 11.5 Å². The maximum Gasteiger partial charge on any atom is 0.262 e. The van der Waals surface area contributed by atoms with Gasteiger partial charge in [-0.3, -0.25) is 4.72 Å². The number of fused-ring (bicyclic) bond motifs is 1. The third-order valence-electron chi connectivity index (χ3n) is 3.77. The summed E-state index contributed by atoms with van der Waals surface area (Å²) in [5, 5.41) is 10.8. The van der Waals surface area contributed by atoms with Crippen LogP contribution in [0.3, 0.4) is 0 Å². The Morgan fingerprint density at radius 3 is 2.52 bits per heavy atom. The molecule has 3 aromatic carbocycles. The summed E-state index contributed by atoms with van der Waals surface area (Å²) in [7, 11) is -3.72. The van der Waals surface area contributed by atoms with Crippen LogP contribution in [0.15, 0.2) is 65.6 Å². The molecule has 3 rings (SSSR count). The minimum atomic E-state index is -3.72. The summed E-state index contributed by atoms with van der Waals surface area (Å²) in [6.45, 7) is 1.69. The molecule has 118 valence electrons. The molecule has 0 aliphatic carbocycles. The monoisotopic (exact) mass is 327 g/mol. The lowest BCUT2D eigenvalue weighted by atomic mass is 10.1. The van der Waals surface area contributed by atoms with Gasteiger partial charge in [-0.25, -0.2) is 8.42 Å². The van der Waals surface area contributed by atoms with E-state index in [1.54, 1.807) is 36.4 Å². The molecule has 0 aliphatic rings. The van der Waals surface area contributed by atoms with Crippen molar-refractivity contribution in [1.82, 2.24) is 0 Å². The first kappa shape index (κ1) is 15.5. The van der Waals surface area contributed by atoms with E-state index in [2.05, 4.69) is 4.72 Å². The van der Waals surface area contributed by atoms with Crippen molar-refractivity contribution < 1.29 is 13.5 Å². The first-order chi connectivity index (χ1) is 11.0. The van der Waals surface area contributed by atoms with Crippen LogP contribution in [0.25, 0.3) is 10.8 Å². The van der Waals surface area contributed by atoms with E-state index in [0.29, 0.717) is 16.6 Å². The van der Waals surface area contributed by atoms with E-state index in [4.69, 9.17) is 0 Å². The van der Waals surface area contributed by atoms with Gasteiger partial charge >= 0.3 is 0 Å². The van der Waals surface area contributed by atoms with Crippen molar-refractivity contribution in [3.05, 3.63) is 71.8 Å². The van der Waals surface area contributed by atoms with E-state index in [9.17, 15) is 13.5 Å². The van der Waals surface area contributed by atoms with Crippen LogP contribution in [-0.2, 0) is 16.6 Å². The summed E-state index contributed by atoms with van der Waals surface area (Å²) >= 11 is 0. The molecule has 2 N–H and O–H groups in total. The van der Waals surface area contributed by atoms with Crippen molar-refractivity contribution in [2.75, 3.05) is 4.72 Å². The molecule has 5 heteroatoms. The highest BCUT2D eigenvalue weighted by Gasteiger charge is 2.18. The molecule has 0 fully saturated rings. The average molecular weight is 327 g/mol. The van der Waals surface area contributed by atoms with Gasteiger partial charge in [-0.05, 0) is 35.6 Å². The second-order valence-corrected chi connectivity index (χ2v) is 7.04. The lowest BCUT2D eigenvalue weighted by molar-refractivity contribution is 0.282. The van der Waals surface area contributed by atoms with Crippen molar-refractivity contribution >= 4 is 26.5 Å². The lowest BCUT2D eigenvalue weighted by Crippen LogP contribution is -2.14. The zero-order valence-corrected chi connectivity index (χ0v) is 13.5. The number of aliphatic hydroxyl groups is 1. The van der Waals surface area contributed by atoms with E-state index in [0.717, 1.165) is 10.9 Å². The fourth-order valence-electron chi connectivity index (χ4n) is 2.51. The Bertz CT molecular complexity index is 960. The summed E-state index contributed by atoms with van der Waals surface area (Å²) in [6.07, 6.45) is 0. The van der Waals surface area contributed by atoms with Gasteiger partial charge in [0.1, 0.15) is 0 Å². The van der Waals surface area contributed by atoms with Gasteiger partial charge in [-0.1, -0.05) is 48.5 Å². The van der Waals surface area contributed by atoms with Gasteiger partial charge in [-0.2, -0.15) is 0 Å². The fourth-order valence-corrected chi connectivity index (χ4v) is 3.86. The normalized spacial score (nSPS) is 11.6. The fraction of sp³-hybridized carbons (Fsp3) is 0.111. The molecule has 4 nitrogen and oxygen atoms in total. The van der Waals surface area contributed by atoms with Crippen LogP contribution in [0.4, 0.5) is 5.69 Å². The number of aliphatic hydroxyl groups excluding tert-OH is 1. The minimum absolute atomic E-state index is 0.136. The Morgan fingerprint density at radius 1 is 1.00 bits per heavy atom. The standard InChI is InChI=1S/C18H17NO3S/c1-13-9-10-14(12-20)11-17(13)19-23(21,22)18-8-4-6-15-5-2-3-7-16(15)18/h2-11,19-20H,12H2,1H3. The third-order valence-corrected chi connectivity index (χ3v) is 5.19. The van der Waals surface area contributed by atoms with Gasteiger partial charge in [0.05, 0.1) is 17.2 Å². The molecule has 0 spiro atoms. The van der Waals surface area contributed by atoms with E-state index >= 15 is 0 Å². The Morgan fingerprint density at radius 2 is 1.74 bits per heavy atom. The van der Waals surface area contributed by atoms with Crippen LogP contribution in [0, 0.1) is 6.92 Å². The highest BCUT2D eigenvalue weighted by molar-refractivity contribution is 7.93. The number of sulfonamides is 1. The topological polar surface area (TPSA) is 66.4 Å². The van der Waals surface area contributed by atoms with E-state index < -0.39 is 10.0 Å². The predicted molar refractivity (Wildman–Crippen MR) is 91.9 cm³/mol. The molecule has 0 radical (unpaired) electrons. The maximum atomic E-state index is 12.8. The molecule has 0 saturated heterocycles. The largest absolute Gasteiger partial charge is 0.392 e. The maximum absolute atomic E-state index is 12.8. The molecule has 0 bridgehead atoms. The second kappa shape index (κ2) is 6.02. The molecule has 0 atom stereocenters. The van der Waals surface area contributed by atoms with Gasteiger partial charge in [-0.15, -0.1) is 0 Å². The Balaban J connectivity index is 2.08. The predicted octanol–water partition coefficient (Wildman–Crippen LogP) is 3.44. The summed E-state index contributed by atoms with van der Waals surface area (Å²) in [6, 6.07) is 17.8. The van der Waals surface area contributed by atoms with Gasteiger partial charge in [0.15, 0.2) is 0 Å². The smallest absolute Gasteiger partial charge is 0.262 e. The van der Waals surface area contributed by atoms with E-state index in [1.165, 1.54) is 0 Å². The first-order valence-corrected chi connectivity index (χ1v) is 8.70. The first-order valence-electron chi connectivity index (χ1n) is 7.22. The van der Waals surface area contributed by atoms with Crippen LogP contribution in [0.5, 0.6) is 0 Å². The molecule has 23 heavy (non-hydrogen) atoms. The van der Waals surface area contributed by atoms with Crippen LogP contribution in [-0.4, -0.2) is 13.5 Å². The third kappa shape index (κ3) is 3.06. The summed E-state index contributed by atoms with van der Waals surface area (Å²) in [5.41, 5.74) is 1.93. The zero-order chi connectivity index (χ0) is 16.4. The van der Waals surface area contributed by atoms with Crippen LogP contribution < -0.4 is 4.72 Å². The zero-order valence-electron chi connectivity index (χ0n) is 12.7. The molecule has 0 heterocycles. The van der Waals surface area contributed by atoms with Gasteiger partial charge in [0.25, 0.3) is 10.0 Å². The number of benzene rings is 3. The van der Waals surface area contributed by atoms with Crippen molar-refractivity contribution in [1.29, 1.82) is 0 Å². The molecular formula is C18H17NO3S. The Kier molecular flexibility index (Phi) is 4.07. The summed E-state index contributed by atoms with van der Waals surface area (Å²) in [4.78, 5) is 0.240. The van der Waals surface area contributed by atoms with Crippen LogP contribution >= 0.6 is 0 Å². The summed E-state index contributed by atoms with van der Waals surface area (Å²) < 4.78 is 28.2. The highest BCUT2D eigenvalue weighted by Crippen LogP contribution is 2.26. The van der Waals surface area contributed by atoms with Gasteiger partial charge in [0.2, 0.25) is 0 Å². The quantitative estimate of drug-likeness (QED) is 0.771. The van der Waals surface area contributed by atoms with Crippen LogP contribution in [0.1, 0.15) is 11.1 Å². The number of hydrogen-bond acceptors (Lipinski definition) is 3. The number of nitrogens with one attached hydrogen (secondary N) is 1. The summed E-state index contributed by atoms with van der Waals surface area (Å²) in [5.74, 6) is 0. The average Bonchev–Trinajstić information content (AvgIpc) is 2.56. The highest BCUT2D eigenvalue weighted by atomic mass is 32.2. The molecule has 0 unspecified atom stereocenters. The molecule has 0 aliphatic heterocycles. The van der Waals surface area contributed by atoms with Crippen molar-refractivity contribution in [3.8, 4) is 0 Å². The molecule has 0 aromatic heterocycles. The molecule has 3 aromatic rings. The van der Waals surface area contributed by atoms with Crippen LogP contribution in [0.2, 0.25) is 0 Å². The molecule has 0 saturated carbocycles. The SMILES string of the molecule is Cc1ccc(CO)cc1NS(=O)(=O)c1cccc2ccccc12. The number of hydrogen-bond donors (Lipinski definition) is 2. The van der Waals surface area contributed by atoms with Crippen molar-refractivity contribution in [2.24, 2.45) is 0 Å². The Hall–Kier alpha value is -2.37. The molecular weight excluding hydrogens is 310 g/mol. The second-order valence-electron chi connectivity index (χ2n) is 5.39. The lowest BCUT2D eigenvalue weighted by Gasteiger charge is -2.13.